The molecule has 1 heterocycles. The Hall–Kier alpha value is -4.50. The third-order valence-electron chi connectivity index (χ3n) is 5.32. The molecule has 0 aliphatic heterocycles. The zero-order valence-electron chi connectivity index (χ0n) is 18.6. The highest BCUT2D eigenvalue weighted by Crippen LogP contribution is 2.25. The second-order valence-corrected chi connectivity index (χ2v) is 8.08. The molecule has 0 saturated heterocycles. The molecular formula is C25H20ClN5O4. The molecule has 0 saturated carbocycles. The maximum atomic E-state index is 12.9. The van der Waals surface area contributed by atoms with E-state index in [1.54, 1.807) is 42.6 Å². The number of para-hydroxylation sites is 1. The van der Waals surface area contributed by atoms with E-state index < -0.39 is 16.7 Å². The van der Waals surface area contributed by atoms with E-state index in [9.17, 15) is 19.7 Å². The normalized spacial score (nSPS) is 10.6. The lowest BCUT2D eigenvalue weighted by Crippen LogP contribution is -2.18. The number of aromatic nitrogens is 2. The highest BCUT2D eigenvalue weighted by atomic mass is 35.5. The van der Waals surface area contributed by atoms with E-state index in [2.05, 4.69) is 15.6 Å². The van der Waals surface area contributed by atoms with Crippen molar-refractivity contribution in [2.75, 3.05) is 10.6 Å². The Morgan fingerprint density at radius 1 is 1.00 bits per heavy atom. The fraction of sp³-hybridized carbons (Fsp3) is 0.0800. The van der Waals surface area contributed by atoms with E-state index in [-0.39, 0.29) is 27.5 Å². The molecule has 4 aromatic rings. The Balaban J connectivity index is 1.47. The Bertz CT molecular complexity index is 1420. The first-order valence-corrected chi connectivity index (χ1v) is 10.9. The Kier molecular flexibility index (Phi) is 6.88. The molecule has 1 aromatic heterocycles. The molecule has 0 spiro atoms. The van der Waals surface area contributed by atoms with Crippen molar-refractivity contribution in [1.82, 2.24) is 9.55 Å². The summed E-state index contributed by atoms with van der Waals surface area (Å²) in [4.78, 5) is 40.2. The van der Waals surface area contributed by atoms with Gasteiger partial charge in [-0.3, -0.25) is 19.7 Å². The van der Waals surface area contributed by atoms with Crippen molar-refractivity contribution in [3.8, 4) is 0 Å². The lowest BCUT2D eigenvalue weighted by Gasteiger charge is -2.12. The summed E-state index contributed by atoms with van der Waals surface area (Å²) < 4.78 is 2.02. The molecule has 2 amide bonds. The second-order valence-electron chi connectivity index (χ2n) is 7.67. The molecule has 35 heavy (non-hydrogen) atoms. The Morgan fingerprint density at radius 3 is 2.37 bits per heavy atom. The molecule has 3 aromatic carbocycles. The predicted molar refractivity (Wildman–Crippen MR) is 133 cm³/mol. The lowest BCUT2D eigenvalue weighted by molar-refractivity contribution is -0.384. The summed E-state index contributed by atoms with van der Waals surface area (Å²) in [7, 11) is 0. The largest absolute Gasteiger partial charge is 0.331 e. The van der Waals surface area contributed by atoms with Crippen LogP contribution in [0.4, 0.5) is 17.1 Å². The first-order valence-electron chi connectivity index (χ1n) is 10.5. The van der Waals surface area contributed by atoms with Crippen molar-refractivity contribution in [3.05, 3.63) is 117 Å². The van der Waals surface area contributed by atoms with Crippen LogP contribution in [0.25, 0.3) is 0 Å². The number of imidazole rings is 1. The predicted octanol–water partition coefficient (Wildman–Crippen LogP) is 5.31. The summed E-state index contributed by atoms with van der Waals surface area (Å²) in [5.74, 6) is -0.0887. The van der Waals surface area contributed by atoms with Crippen LogP contribution in [-0.4, -0.2) is 26.3 Å². The van der Waals surface area contributed by atoms with E-state index in [0.717, 1.165) is 17.5 Å². The number of nitro benzene ring substituents is 1. The average Bonchev–Trinajstić information content (AvgIpc) is 3.24. The van der Waals surface area contributed by atoms with Crippen molar-refractivity contribution in [3.63, 3.8) is 0 Å². The van der Waals surface area contributed by atoms with Crippen LogP contribution in [0.15, 0.2) is 79.1 Å². The van der Waals surface area contributed by atoms with Crippen molar-refractivity contribution in [1.29, 1.82) is 0 Å². The SMILES string of the molecule is Cc1nccn1Cc1ccc(NC(=O)c2ccccc2NC(=O)c2ccc([N+](=O)[O-])cc2Cl)cc1. The number of anilines is 2. The standard InChI is InChI=1S/C25H20ClN5O4/c1-16-27-12-13-30(16)15-17-6-8-18(9-7-17)28-25(33)21-4-2-3-5-23(21)29-24(32)20-11-10-19(31(34)35)14-22(20)26/h2-14H,15H2,1H3,(H,28,33)(H,29,32). The van der Waals surface area contributed by atoms with Gasteiger partial charge in [-0.2, -0.15) is 0 Å². The van der Waals surface area contributed by atoms with Gasteiger partial charge in [-0.15, -0.1) is 0 Å². The summed E-state index contributed by atoms with van der Waals surface area (Å²) in [6.07, 6.45) is 3.65. The van der Waals surface area contributed by atoms with E-state index in [0.29, 0.717) is 12.2 Å². The van der Waals surface area contributed by atoms with Crippen molar-refractivity contribution >= 4 is 40.5 Å². The molecule has 0 atom stereocenters. The number of amides is 2. The number of nitro groups is 1. The maximum absolute atomic E-state index is 12.9. The zero-order valence-corrected chi connectivity index (χ0v) is 19.3. The number of non-ortho nitro benzene ring substituents is 1. The van der Waals surface area contributed by atoms with Gasteiger partial charge in [0, 0.05) is 36.8 Å². The first kappa shape index (κ1) is 23.7. The number of rotatable bonds is 7. The number of hydrogen-bond donors (Lipinski definition) is 2. The molecular weight excluding hydrogens is 470 g/mol. The summed E-state index contributed by atoms with van der Waals surface area (Å²) in [5, 5.41) is 16.3. The van der Waals surface area contributed by atoms with E-state index in [1.165, 1.54) is 12.1 Å². The van der Waals surface area contributed by atoms with Crippen LogP contribution in [0.5, 0.6) is 0 Å². The minimum Gasteiger partial charge on any atom is -0.331 e. The minimum absolute atomic E-state index is 0.0520. The molecule has 0 bridgehead atoms. The third-order valence-corrected chi connectivity index (χ3v) is 5.63. The van der Waals surface area contributed by atoms with Gasteiger partial charge in [0.1, 0.15) is 5.82 Å². The number of hydrogen-bond acceptors (Lipinski definition) is 5. The van der Waals surface area contributed by atoms with Crippen LogP contribution in [-0.2, 0) is 6.54 Å². The van der Waals surface area contributed by atoms with Gasteiger partial charge in [0.2, 0.25) is 0 Å². The van der Waals surface area contributed by atoms with Crippen LogP contribution in [0.2, 0.25) is 5.02 Å². The maximum Gasteiger partial charge on any atom is 0.270 e. The number of halogens is 1. The van der Waals surface area contributed by atoms with Crippen LogP contribution < -0.4 is 10.6 Å². The highest BCUT2D eigenvalue weighted by Gasteiger charge is 2.18. The number of carbonyl (C=O) groups excluding carboxylic acids is 2. The molecule has 2 N–H and O–H groups in total. The van der Waals surface area contributed by atoms with Gasteiger partial charge in [-0.05, 0) is 42.8 Å². The zero-order chi connectivity index (χ0) is 24.9. The Labute approximate surface area is 205 Å². The van der Waals surface area contributed by atoms with Gasteiger partial charge in [-0.25, -0.2) is 4.98 Å². The molecule has 10 heteroatoms. The van der Waals surface area contributed by atoms with Gasteiger partial charge in [0.25, 0.3) is 17.5 Å². The van der Waals surface area contributed by atoms with Crippen molar-refractivity contribution in [2.45, 2.75) is 13.5 Å². The first-order chi connectivity index (χ1) is 16.8. The molecule has 0 aliphatic rings. The molecule has 4 rings (SSSR count). The van der Waals surface area contributed by atoms with Gasteiger partial charge < -0.3 is 15.2 Å². The summed E-state index contributed by atoms with van der Waals surface area (Å²) in [5.41, 5.74) is 2.00. The monoisotopic (exact) mass is 489 g/mol. The molecule has 0 fully saturated rings. The third kappa shape index (κ3) is 5.53. The van der Waals surface area contributed by atoms with E-state index >= 15 is 0 Å². The molecule has 9 nitrogen and oxygen atoms in total. The Morgan fingerprint density at radius 2 is 1.71 bits per heavy atom. The van der Waals surface area contributed by atoms with Crippen molar-refractivity contribution < 1.29 is 14.5 Å². The lowest BCUT2D eigenvalue weighted by atomic mass is 10.1. The summed E-state index contributed by atoms with van der Waals surface area (Å²) in [6, 6.07) is 17.5. The number of benzene rings is 3. The molecule has 0 unspecified atom stereocenters. The van der Waals surface area contributed by atoms with E-state index in [4.69, 9.17) is 11.6 Å². The average molecular weight is 490 g/mol. The number of carbonyl (C=O) groups is 2. The van der Waals surface area contributed by atoms with Crippen LogP contribution >= 0.6 is 11.6 Å². The number of nitrogens with one attached hydrogen (secondary N) is 2. The van der Waals surface area contributed by atoms with E-state index in [1.807, 2.05) is 29.8 Å². The summed E-state index contributed by atoms with van der Waals surface area (Å²) >= 11 is 6.06. The minimum atomic E-state index is -0.599. The van der Waals surface area contributed by atoms with Crippen LogP contribution in [0.1, 0.15) is 32.1 Å². The van der Waals surface area contributed by atoms with Crippen molar-refractivity contribution in [2.24, 2.45) is 0 Å². The number of aryl methyl sites for hydroxylation is 1. The van der Waals surface area contributed by atoms with Gasteiger partial charge in [0.05, 0.1) is 26.8 Å². The molecule has 0 radical (unpaired) electrons. The summed E-state index contributed by atoms with van der Waals surface area (Å²) in [6.45, 7) is 2.60. The second kappa shape index (κ2) is 10.2. The van der Waals surface area contributed by atoms with Gasteiger partial charge in [0.15, 0.2) is 0 Å². The van der Waals surface area contributed by atoms with Crippen LogP contribution in [0, 0.1) is 17.0 Å². The smallest absolute Gasteiger partial charge is 0.270 e. The quantitative estimate of drug-likeness (QED) is 0.269. The molecule has 0 aliphatic carbocycles. The highest BCUT2D eigenvalue weighted by molar-refractivity contribution is 6.34. The number of nitrogens with zero attached hydrogens (tertiary/aromatic N) is 3. The topological polar surface area (TPSA) is 119 Å². The van der Waals surface area contributed by atoms with Crippen LogP contribution in [0.3, 0.4) is 0 Å². The fourth-order valence-corrected chi connectivity index (χ4v) is 3.70. The van der Waals surface area contributed by atoms with Gasteiger partial charge in [-0.1, -0.05) is 35.9 Å². The van der Waals surface area contributed by atoms with Gasteiger partial charge >= 0.3 is 0 Å². The fourth-order valence-electron chi connectivity index (χ4n) is 3.44. The molecule has 176 valence electrons.